The zero-order valence-electron chi connectivity index (χ0n) is 10.2. The molecule has 0 aromatic heterocycles. The third-order valence-corrected chi connectivity index (χ3v) is 4.56. The Bertz CT molecular complexity index is 468. The van der Waals surface area contributed by atoms with Crippen molar-refractivity contribution in [1.29, 1.82) is 0 Å². The normalized spacial score (nSPS) is 25.4. The molecule has 98 valence electrons. The van der Waals surface area contributed by atoms with E-state index in [4.69, 9.17) is 0 Å². The predicted octanol–water partition coefficient (Wildman–Crippen LogP) is 3.10. The molecule has 1 aromatic carbocycles. The van der Waals surface area contributed by atoms with Crippen LogP contribution in [0.5, 0.6) is 0 Å². The molecule has 18 heavy (non-hydrogen) atoms. The second-order valence-corrected chi connectivity index (χ2v) is 7.09. The van der Waals surface area contributed by atoms with Crippen LogP contribution in [0.3, 0.4) is 0 Å². The molecule has 1 fully saturated rings. The second-order valence-electron chi connectivity index (χ2n) is 5.26. The first-order valence-corrected chi connectivity index (χ1v) is 7.34. The fourth-order valence-corrected chi connectivity index (χ4v) is 3.37. The van der Waals surface area contributed by atoms with Gasteiger partial charge in [-0.15, -0.1) is 0 Å². The summed E-state index contributed by atoms with van der Waals surface area (Å²) in [5.41, 5.74) is 0.354. The van der Waals surface area contributed by atoms with E-state index in [0.717, 1.165) is 8.95 Å². The number of hydrogen-bond acceptors (Lipinski definition) is 2. The topological polar surface area (TPSA) is 49.3 Å². The van der Waals surface area contributed by atoms with Gasteiger partial charge in [-0.05, 0) is 24.6 Å². The van der Waals surface area contributed by atoms with Gasteiger partial charge in [0, 0.05) is 26.0 Å². The lowest BCUT2D eigenvalue weighted by Gasteiger charge is -2.49. The van der Waals surface area contributed by atoms with Crippen LogP contribution in [0.25, 0.3) is 0 Å². The molecule has 2 N–H and O–H groups in total. The molecular weight excluding hydrogens is 362 g/mol. The van der Waals surface area contributed by atoms with Crippen molar-refractivity contribution in [1.82, 2.24) is 5.32 Å². The van der Waals surface area contributed by atoms with E-state index in [9.17, 15) is 9.90 Å². The van der Waals surface area contributed by atoms with Crippen molar-refractivity contribution in [2.75, 3.05) is 0 Å². The Balaban J connectivity index is 2.09. The molecule has 1 saturated carbocycles. The van der Waals surface area contributed by atoms with E-state index in [1.807, 2.05) is 19.9 Å². The maximum Gasteiger partial charge on any atom is 0.251 e. The Morgan fingerprint density at radius 2 is 1.89 bits per heavy atom. The average Bonchev–Trinajstić information content (AvgIpc) is 2.27. The van der Waals surface area contributed by atoms with E-state index in [1.54, 1.807) is 12.1 Å². The number of rotatable bonds is 2. The van der Waals surface area contributed by atoms with E-state index in [1.165, 1.54) is 0 Å². The summed E-state index contributed by atoms with van der Waals surface area (Å²) < 4.78 is 1.71. The van der Waals surface area contributed by atoms with Crippen LogP contribution in [0, 0.1) is 5.41 Å². The highest BCUT2D eigenvalue weighted by molar-refractivity contribution is 9.11. The van der Waals surface area contributed by atoms with Crippen LogP contribution in [0.1, 0.15) is 30.6 Å². The number of halogens is 2. The number of hydrogen-bond donors (Lipinski definition) is 2. The van der Waals surface area contributed by atoms with Crippen LogP contribution in [0.15, 0.2) is 27.1 Å². The number of carbonyl (C=O) groups excluding carboxylic acids is 1. The Kier molecular flexibility index (Phi) is 3.85. The zero-order chi connectivity index (χ0) is 13.5. The Morgan fingerprint density at radius 1 is 1.33 bits per heavy atom. The maximum atomic E-state index is 12.1. The first kappa shape index (κ1) is 14.0. The number of carbonyl (C=O) groups is 1. The van der Waals surface area contributed by atoms with E-state index in [-0.39, 0.29) is 23.5 Å². The van der Waals surface area contributed by atoms with Gasteiger partial charge in [-0.2, -0.15) is 0 Å². The Hall–Kier alpha value is -0.390. The number of aliphatic hydroxyl groups is 1. The monoisotopic (exact) mass is 375 g/mol. The van der Waals surface area contributed by atoms with Crippen LogP contribution < -0.4 is 5.32 Å². The minimum atomic E-state index is -0.336. The SMILES string of the molecule is CC1(C)C(O)CC1NC(=O)c1cc(Br)cc(Br)c1. The minimum absolute atomic E-state index is 0.0257. The fraction of sp³-hybridized carbons (Fsp3) is 0.462. The maximum absolute atomic E-state index is 12.1. The molecule has 0 spiro atoms. The summed E-state index contributed by atoms with van der Waals surface area (Å²) in [5.74, 6) is -0.109. The highest BCUT2D eigenvalue weighted by Crippen LogP contribution is 2.40. The molecule has 0 heterocycles. The summed E-state index contributed by atoms with van der Waals surface area (Å²) in [5, 5.41) is 12.6. The van der Waals surface area contributed by atoms with Gasteiger partial charge in [-0.3, -0.25) is 4.79 Å². The summed E-state index contributed by atoms with van der Waals surface area (Å²) in [6, 6.07) is 5.47. The molecule has 1 aliphatic carbocycles. The van der Waals surface area contributed by atoms with Gasteiger partial charge in [0.25, 0.3) is 5.91 Å². The van der Waals surface area contributed by atoms with Crippen LogP contribution in [-0.4, -0.2) is 23.2 Å². The van der Waals surface area contributed by atoms with E-state index in [0.29, 0.717) is 12.0 Å². The highest BCUT2D eigenvalue weighted by Gasteiger charge is 2.47. The Labute approximate surface area is 123 Å². The molecule has 2 atom stereocenters. The number of amides is 1. The molecule has 1 aliphatic rings. The van der Waals surface area contributed by atoms with Crippen LogP contribution in [0.4, 0.5) is 0 Å². The summed E-state index contributed by atoms with van der Waals surface area (Å²) in [4.78, 5) is 12.1. The van der Waals surface area contributed by atoms with Crippen LogP contribution in [0.2, 0.25) is 0 Å². The molecule has 3 nitrogen and oxygen atoms in total. The molecule has 0 radical (unpaired) electrons. The van der Waals surface area contributed by atoms with Gasteiger partial charge in [0.05, 0.1) is 6.10 Å². The van der Waals surface area contributed by atoms with Crippen LogP contribution in [-0.2, 0) is 0 Å². The highest BCUT2D eigenvalue weighted by atomic mass is 79.9. The van der Waals surface area contributed by atoms with Crippen molar-refractivity contribution in [2.24, 2.45) is 5.41 Å². The summed E-state index contributed by atoms with van der Waals surface area (Å²) in [7, 11) is 0. The third-order valence-electron chi connectivity index (χ3n) is 3.65. The molecule has 0 aliphatic heterocycles. The molecule has 5 heteroatoms. The van der Waals surface area contributed by atoms with Gasteiger partial charge < -0.3 is 10.4 Å². The van der Waals surface area contributed by atoms with Crippen molar-refractivity contribution in [3.8, 4) is 0 Å². The van der Waals surface area contributed by atoms with Gasteiger partial charge in [0.1, 0.15) is 0 Å². The number of nitrogens with one attached hydrogen (secondary N) is 1. The van der Waals surface area contributed by atoms with Crippen molar-refractivity contribution < 1.29 is 9.90 Å². The van der Waals surface area contributed by atoms with Gasteiger partial charge in [-0.1, -0.05) is 45.7 Å². The lowest BCUT2D eigenvalue weighted by molar-refractivity contribution is -0.0689. The minimum Gasteiger partial charge on any atom is -0.392 e. The van der Waals surface area contributed by atoms with Crippen molar-refractivity contribution in [3.63, 3.8) is 0 Å². The van der Waals surface area contributed by atoms with Crippen LogP contribution >= 0.6 is 31.9 Å². The van der Waals surface area contributed by atoms with E-state index < -0.39 is 0 Å². The molecule has 1 aromatic rings. The van der Waals surface area contributed by atoms with Gasteiger partial charge in [-0.25, -0.2) is 0 Å². The first-order chi connectivity index (χ1) is 8.30. The van der Waals surface area contributed by atoms with Crippen molar-refractivity contribution in [2.45, 2.75) is 32.4 Å². The second kappa shape index (κ2) is 4.94. The third kappa shape index (κ3) is 2.63. The summed E-state index contributed by atoms with van der Waals surface area (Å²) >= 11 is 6.72. The summed E-state index contributed by atoms with van der Waals surface area (Å²) in [6.07, 6.45) is 0.283. The molecule has 0 bridgehead atoms. The first-order valence-electron chi connectivity index (χ1n) is 5.75. The summed E-state index contributed by atoms with van der Waals surface area (Å²) in [6.45, 7) is 3.92. The predicted molar refractivity (Wildman–Crippen MR) is 77.5 cm³/mol. The average molecular weight is 377 g/mol. The molecule has 2 rings (SSSR count). The van der Waals surface area contributed by atoms with E-state index >= 15 is 0 Å². The van der Waals surface area contributed by atoms with Gasteiger partial charge in [0.2, 0.25) is 0 Å². The molecule has 2 unspecified atom stereocenters. The largest absolute Gasteiger partial charge is 0.392 e. The smallest absolute Gasteiger partial charge is 0.251 e. The lowest BCUT2D eigenvalue weighted by atomic mass is 9.64. The molecule has 1 amide bonds. The number of aliphatic hydroxyl groups excluding tert-OH is 1. The standard InChI is InChI=1S/C13H15Br2NO2/c1-13(2)10(6-11(13)17)16-12(18)7-3-8(14)5-9(15)4-7/h3-5,10-11,17H,6H2,1-2H3,(H,16,18). The molecule has 0 saturated heterocycles. The van der Waals surface area contributed by atoms with Gasteiger partial charge >= 0.3 is 0 Å². The lowest BCUT2D eigenvalue weighted by Crippen LogP contribution is -2.61. The Morgan fingerprint density at radius 3 is 2.33 bits per heavy atom. The van der Waals surface area contributed by atoms with E-state index in [2.05, 4.69) is 37.2 Å². The quantitative estimate of drug-likeness (QED) is 0.833. The van der Waals surface area contributed by atoms with Crippen molar-refractivity contribution in [3.05, 3.63) is 32.7 Å². The molecular formula is C13H15Br2NO2. The van der Waals surface area contributed by atoms with Crippen molar-refractivity contribution >= 4 is 37.8 Å². The number of benzene rings is 1. The zero-order valence-corrected chi connectivity index (χ0v) is 13.4. The van der Waals surface area contributed by atoms with Gasteiger partial charge in [0.15, 0.2) is 0 Å². The fourth-order valence-electron chi connectivity index (χ4n) is 2.07.